The molecule has 7 heteroatoms. The Morgan fingerprint density at radius 3 is 2.54 bits per heavy atom. The minimum Gasteiger partial charge on any atom is -0.468 e. The van der Waals surface area contributed by atoms with Gasteiger partial charge in [0.2, 0.25) is 0 Å². The molecule has 1 saturated heterocycles. The lowest BCUT2D eigenvalue weighted by Gasteiger charge is -2.10. The van der Waals surface area contributed by atoms with Crippen LogP contribution in [0.4, 0.5) is 10.5 Å². The monoisotopic (exact) mass is 375 g/mol. The summed E-state index contributed by atoms with van der Waals surface area (Å²) in [7, 11) is 1.34. The molecule has 0 radical (unpaired) electrons. The first kappa shape index (κ1) is 17.5. The molecular formula is C21H17N3O4. The van der Waals surface area contributed by atoms with Gasteiger partial charge in [0.15, 0.2) is 0 Å². The van der Waals surface area contributed by atoms with E-state index >= 15 is 0 Å². The molecule has 1 aromatic heterocycles. The molecule has 0 atom stereocenters. The number of rotatable bonds is 4. The predicted molar refractivity (Wildman–Crippen MR) is 104 cm³/mol. The maximum Gasteiger partial charge on any atom is 0.333 e. The average molecular weight is 375 g/mol. The molecule has 0 unspecified atom stereocenters. The van der Waals surface area contributed by atoms with E-state index in [1.807, 2.05) is 30.3 Å². The van der Waals surface area contributed by atoms with Crippen LogP contribution in [0.15, 0.2) is 66.5 Å². The van der Waals surface area contributed by atoms with Gasteiger partial charge in [-0.2, -0.15) is 0 Å². The van der Waals surface area contributed by atoms with Gasteiger partial charge in [0, 0.05) is 22.7 Å². The standard InChI is InChI=1S/C21H17N3O4/c1-28-19(25)13-23-12-14(16-9-5-6-10-18(16)23)11-17-20(26)24(21(27)22-17)15-7-3-2-4-8-15/h2-12H,13H2,1H3,(H,22,27)/b17-11+. The van der Waals surface area contributed by atoms with E-state index in [2.05, 4.69) is 5.32 Å². The second-order valence-electron chi connectivity index (χ2n) is 6.27. The normalized spacial score (nSPS) is 15.3. The SMILES string of the molecule is COC(=O)Cn1cc(/C=C2/NC(=O)N(c3ccccc3)C2=O)c2ccccc21. The van der Waals surface area contributed by atoms with E-state index in [1.165, 1.54) is 7.11 Å². The zero-order chi connectivity index (χ0) is 19.7. The van der Waals surface area contributed by atoms with E-state index in [0.29, 0.717) is 5.69 Å². The van der Waals surface area contributed by atoms with Crippen molar-refractivity contribution in [3.63, 3.8) is 0 Å². The van der Waals surface area contributed by atoms with Crippen molar-refractivity contribution in [3.8, 4) is 0 Å². The lowest BCUT2D eigenvalue weighted by Crippen LogP contribution is -2.30. The molecular weight excluding hydrogens is 358 g/mol. The van der Waals surface area contributed by atoms with Gasteiger partial charge in [0.25, 0.3) is 5.91 Å². The summed E-state index contributed by atoms with van der Waals surface area (Å²) >= 11 is 0. The quantitative estimate of drug-likeness (QED) is 0.432. The lowest BCUT2D eigenvalue weighted by atomic mass is 10.1. The number of fused-ring (bicyclic) bond motifs is 1. The van der Waals surface area contributed by atoms with E-state index in [1.54, 1.807) is 41.1 Å². The number of para-hydroxylation sites is 2. The molecule has 1 aliphatic heterocycles. The van der Waals surface area contributed by atoms with Crippen LogP contribution in [0.5, 0.6) is 0 Å². The Bertz CT molecular complexity index is 1120. The Hall–Kier alpha value is -3.87. The maximum atomic E-state index is 12.8. The number of ether oxygens (including phenoxy) is 1. The largest absolute Gasteiger partial charge is 0.468 e. The minimum atomic E-state index is -0.499. The van der Waals surface area contributed by atoms with Gasteiger partial charge in [-0.15, -0.1) is 0 Å². The summed E-state index contributed by atoms with van der Waals surface area (Å²) in [6, 6.07) is 15.7. The Labute approximate surface area is 160 Å². The summed E-state index contributed by atoms with van der Waals surface area (Å²) in [6.07, 6.45) is 3.39. The third kappa shape index (κ3) is 3.03. The lowest BCUT2D eigenvalue weighted by molar-refractivity contribution is -0.141. The number of anilines is 1. The van der Waals surface area contributed by atoms with Crippen LogP contribution in [0.1, 0.15) is 5.56 Å². The summed E-state index contributed by atoms with van der Waals surface area (Å²) in [6.45, 7) is 0.0522. The number of imide groups is 1. The van der Waals surface area contributed by atoms with Gasteiger partial charge in [0.1, 0.15) is 12.2 Å². The summed E-state index contributed by atoms with van der Waals surface area (Å²) in [5, 5.41) is 3.48. The molecule has 1 aliphatic rings. The van der Waals surface area contributed by atoms with Crippen LogP contribution in [-0.4, -0.2) is 29.6 Å². The smallest absolute Gasteiger partial charge is 0.333 e. The number of nitrogens with one attached hydrogen (secondary N) is 1. The third-order valence-corrected chi connectivity index (χ3v) is 4.54. The molecule has 7 nitrogen and oxygen atoms in total. The number of benzene rings is 2. The number of esters is 1. The first-order valence-electron chi connectivity index (χ1n) is 8.65. The molecule has 28 heavy (non-hydrogen) atoms. The molecule has 1 N–H and O–H groups in total. The Morgan fingerprint density at radius 1 is 1.07 bits per heavy atom. The van der Waals surface area contributed by atoms with Crippen molar-refractivity contribution in [2.45, 2.75) is 6.54 Å². The maximum absolute atomic E-state index is 12.8. The number of hydrogen-bond acceptors (Lipinski definition) is 4. The summed E-state index contributed by atoms with van der Waals surface area (Å²) < 4.78 is 6.50. The van der Waals surface area contributed by atoms with Crippen molar-refractivity contribution in [1.82, 2.24) is 9.88 Å². The van der Waals surface area contributed by atoms with Crippen LogP contribution in [-0.2, 0) is 20.9 Å². The number of methoxy groups -OCH3 is 1. The Morgan fingerprint density at radius 2 is 1.79 bits per heavy atom. The fourth-order valence-corrected chi connectivity index (χ4v) is 3.23. The van der Waals surface area contributed by atoms with E-state index in [-0.39, 0.29) is 18.2 Å². The Kier molecular flexibility index (Phi) is 4.41. The zero-order valence-corrected chi connectivity index (χ0v) is 15.1. The number of hydrogen-bond donors (Lipinski definition) is 1. The van der Waals surface area contributed by atoms with Gasteiger partial charge in [0.05, 0.1) is 12.8 Å². The van der Waals surface area contributed by atoms with E-state index in [9.17, 15) is 14.4 Å². The van der Waals surface area contributed by atoms with Gasteiger partial charge in [-0.1, -0.05) is 36.4 Å². The number of urea groups is 1. The van der Waals surface area contributed by atoms with Crippen molar-refractivity contribution in [2.24, 2.45) is 0 Å². The number of aromatic nitrogens is 1. The van der Waals surface area contributed by atoms with Gasteiger partial charge in [-0.05, 0) is 24.3 Å². The van der Waals surface area contributed by atoms with E-state index < -0.39 is 11.9 Å². The molecule has 3 aromatic rings. The summed E-state index contributed by atoms with van der Waals surface area (Å²) in [4.78, 5) is 37.9. The average Bonchev–Trinajstić information content (AvgIpc) is 3.19. The van der Waals surface area contributed by atoms with Crippen LogP contribution in [0, 0.1) is 0 Å². The summed E-state index contributed by atoms with van der Waals surface area (Å²) in [5.74, 6) is -0.804. The Balaban J connectivity index is 1.73. The molecule has 0 bridgehead atoms. The predicted octanol–water partition coefficient (Wildman–Crippen LogP) is 2.91. The van der Waals surface area contributed by atoms with E-state index in [0.717, 1.165) is 21.4 Å². The van der Waals surface area contributed by atoms with Crippen LogP contribution in [0.25, 0.3) is 17.0 Å². The number of carbonyl (C=O) groups is 3. The summed E-state index contributed by atoms with van der Waals surface area (Å²) in [5.41, 5.74) is 2.23. The highest BCUT2D eigenvalue weighted by atomic mass is 16.5. The van der Waals surface area contributed by atoms with Crippen LogP contribution in [0.3, 0.4) is 0 Å². The number of carbonyl (C=O) groups excluding carboxylic acids is 3. The minimum absolute atomic E-state index is 0.0522. The fourth-order valence-electron chi connectivity index (χ4n) is 3.23. The van der Waals surface area contributed by atoms with Crippen molar-refractivity contribution in [1.29, 1.82) is 0 Å². The van der Waals surface area contributed by atoms with Crippen LogP contribution < -0.4 is 10.2 Å². The van der Waals surface area contributed by atoms with Crippen molar-refractivity contribution in [3.05, 3.63) is 72.1 Å². The first-order valence-corrected chi connectivity index (χ1v) is 8.65. The second kappa shape index (κ2) is 7.03. The van der Waals surface area contributed by atoms with Crippen molar-refractivity contribution >= 4 is 40.6 Å². The van der Waals surface area contributed by atoms with Crippen molar-refractivity contribution < 1.29 is 19.1 Å². The number of amides is 3. The highest BCUT2D eigenvalue weighted by Gasteiger charge is 2.34. The molecule has 0 saturated carbocycles. The third-order valence-electron chi connectivity index (χ3n) is 4.54. The van der Waals surface area contributed by atoms with Gasteiger partial charge in [-0.25, -0.2) is 9.69 Å². The van der Waals surface area contributed by atoms with Crippen LogP contribution >= 0.6 is 0 Å². The molecule has 0 spiro atoms. The number of nitrogens with zero attached hydrogens (tertiary/aromatic N) is 2. The van der Waals surface area contributed by atoms with Gasteiger partial charge < -0.3 is 14.6 Å². The molecule has 2 heterocycles. The van der Waals surface area contributed by atoms with Gasteiger partial charge >= 0.3 is 12.0 Å². The fraction of sp³-hybridized carbons (Fsp3) is 0.0952. The molecule has 4 rings (SSSR count). The van der Waals surface area contributed by atoms with Gasteiger partial charge in [-0.3, -0.25) is 9.59 Å². The topological polar surface area (TPSA) is 80.6 Å². The van der Waals surface area contributed by atoms with Crippen molar-refractivity contribution in [2.75, 3.05) is 12.0 Å². The second-order valence-corrected chi connectivity index (χ2v) is 6.27. The van der Waals surface area contributed by atoms with E-state index in [4.69, 9.17) is 4.74 Å². The van der Waals surface area contributed by atoms with Crippen LogP contribution in [0.2, 0.25) is 0 Å². The zero-order valence-electron chi connectivity index (χ0n) is 15.1. The highest BCUT2D eigenvalue weighted by molar-refractivity contribution is 6.28. The first-order chi connectivity index (χ1) is 13.6. The molecule has 0 aliphatic carbocycles. The molecule has 1 fully saturated rings. The molecule has 140 valence electrons. The molecule has 3 amide bonds. The highest BCUT2D eigenvalue weighted by Crippen LogP contribution is 2.26. The molecule has 2 aromatic carbocycles.